The van der Waals surface area contributed by atoms with Crippen LogP contribution in [0.1, 0.15) is 12.5 Å². The van der Waals surface area contributed by atoms with Gasteiger partial charge in [0, 0.05) is 0 Å². The minimum Gasteiger partial charge on any atom is -0.497 e. The minimum atomic E-state index is -1.71. The number of carbonyl (C=O) groups excluding carboxylic acids is 1. The molecule has 0 aliphatic heterocycles. The van der Waals surface area contributed by atoms with Gasteiger partial charge in [-0.1, -0.05) is 12.1 Å². The van der Waals surface area contributed by atoms with Gasteiger partial charge in [0.1, 0.15) is 11.4 Å². The van der Waals surface area contributed by atoms with Gasteiger partial charge in [-0.05, 0) is 24.6 Å². The van der Waals surface area contributed by atoms with Gasteiger partial charge in [-0.15, -0.1) is 0 Å². The number of rotatable bonds is 7. The van der Waals surface area contributed by atoms with Crippen molar-refractivity contribution in [3.8, 4) is 5.75 Å². The maximum Gasteiger partial charge on any atom is 0.337 e. The number of carbonyl (C=O) groups is 1. The van der Waals surface area contributed by atoms with Crippen LogP contribution >= 0.6 is 0 Å². The smallest absolute Gasteiger partial charge is 0.337 e. The average Bonchev–Trinajstić information content (AvgIpc) is 2.46. The summed E-state index contributed by atoms with van der Waals surface area (Å²) in [5.74, 6) is -0.162. The molecule has 20 heavy (non-hydrogen) atoms. The number of hydrogen-bond donors (Lipinski definition) is 2. The quantitative estimate of drug-likeness (QED) is 0.709. The molecule has 1 aromatic rings. The third kappa shape index (κ3) is 4.48. The number of ether oxygens (including phenoxy) is 3. The molecule has 0 heterocycles. The zero-order chi connectivity index (χ0) is 15.2. The molecule has 0 aliphatic carbocycles. The van der Waals surface area contributed by atoms with Crippen molar-refractivity contribution in [3.05, 3.63) is 29.8 Å². The lowest BCUT2D eigenvalue weighted by molar-refractivity contribution is -0.172. The van der Waals surface area contributed by atoms with Gasteiger partial charge in [0.2, 0.25) is 0 Å². The molecule has 6 heteroatoms. The van der Waals surface area contributed by atoms with Crippen molar-refractivity contribution in [3.63, 3.8) is 0 Å². The van der Waals surface area contributed by atoms with E-state index in [4.69, 9.17) is 9.47 Å². The Labute approximate surface area is 117 Å². The highest BCUT2D eigenvalue weighted by Crippen LogP contribution is 2.15. The van der Waals surface area contributed by atoms with E-state index in [1.165, 1.54) is 6.92 Å². The third-order valence-corrected chi connectivity index (χ3v) is 2.84. The van der Waals surface area contributed by atoms with E-state index in [9.17, 15) is 15.0 Å². The van der Waals surface area contributed by atoms with Gasteiger partial charge in [-0.25, -0.2) is 4.79 Å². The molecule has 0 radical (unpaired) electrons. The summed E-state index contributed by atoms with van der Waals surface area (Å²) >= 11 is 0. The van der Waals surface area contributed by atoms with Crippen LogP contribution in [0.5, 0.6) is 5.75 Å². The lowest BCUT2D eigenvalue weighted by Gasteiger charge is -2.26. The molecule has 0 fully saturated rings. The van der Waals surface area contributed by atoms with Crippen LogP contribution in [0.25, 0.3) is 0 Å². The first-order valence-electron chi connectivity index (χ1n) is 6.09. The molecule has 1 aromatic carbocycles. The third-order valence-electron chi connectivity index (χ3n) is 2.84. The van der Waals surface area contributed by atoms with Crippen molar-refractivity contribution in [1.29, 1.82) is 0 Å². The Morgan fingerprint density at radius 2 is 1.90 bits per heavy atom. The van der Waals surface area contributed by atoms with Crippen LogP contribution in [0.4, 0.5) is 0 Å². The average molecular weight is 284 g/mol. The van der Waals surface area contributed by atoms with E-state index in [0.29, 0.717) is 0 Å². The summed E-state index contributed by atoms with van der Waals surface area (Å²) < 4.78 is 14.7. The highest BCUT2D eigenvalue weighted by molar-refractivity contribution is 5.75. The Hall–Kier alpha value is -1.63. The van der Waals surface area contributed by atoms with E-state index in [0.717, 1.165) is 18.4 Å². The first-order valence-corrected chi connectivity index (χ1v) is 6.09. The highest BCUT2D eigenvalue weighted by atomic mass is 16.5. The van der Waals surface area contributed by atoms with Gasteiger partial charge < -0.3 is 24.4 Å². The molecule has 0 aromatic heterocycles. The Balaban J connectivity index is 2.47. The molecule has 0 bridgehead atoms. The first-order chi connectivity index (χ1) is 9.40. The minimum absolute atomic E-state index is 0.199. The molecular weight excluding hydrogens is 264 g/mol. The SMILES string of the molecule is COC(=O)[C@H](O)[C@](C)(O)COCc1ccc(OC)cc1. The van der Waals surface area contributed by atoms with E-state index >= 15 is 0 Å². The van der Waals surface area contributed by atoms with E-state index in [2.05, 4.69) is 4.74 Å². The fourth-order valence-corrected chi connectivity index (χ4v) is 1.54. The summed E-state index contributed by atoms with van der Waals surface area (Å²) in [6, 6.07) is 7.23. The fourth-order valence-electron chi connectivity index (χ4n) is 1.54. The topological polar surface area (TPSA) is 85.2 Å². The Bertz CT molecular complexity index is 426. The second kappa shape index (κ2) is 7.23. The van der Waals surface area contributed by atoms with E-state index in [-0.39, 0.29) is 13.2 Å². The second-order valence-electron chi connectivity index (χ2n) is 4.62. The van der Waals surface area contributed by atoms with Gasteiger partial charge >= 0.3 is 5.97 Å². The number of benzene rings is 1. The number of aliphatic hydroxyl groups is 2. The van der Waals surface area contributed by atoms with E-state index < -0.39 is 17.7 Å². The van der Waals surface area contributed by atoms with Crippen molar-refractivity contribution < 1.29 is 29.2 Å². The lowest BCUT2D eigenvalue weighted by atomic mass is 10.0. The van der Waals surface area contributed by atoms with Gasteiger partial charge in [0.25, 0.3) is 0 Å². The summed E-state index contributed by atoms with van der Waals surface area (Å²) in [7, 11) is 2.72. The van der Waals surface area contributed by atoms with Gasteiger partial charge in [-0.3, -0.25) is 0 Å². The predicted molar refractivity (Wildman–Crippen MR) is 71.3 cm³/mol. The number of methoxy groups -OCH3 is 2. The molecular formula is C14H20O6. The standard InChI is InChI=1S/C14H20O6/c1-14(17,12(15)13(16)19-3)9-20-8-10-4-6-11(18-2)7-5-10/h4-7,12,15,17H,8-9H2,1-3H3/t12-,14+/m0/s1. The normalized spacial score (nSPS) is 15.2. The maximum absolute atomic E-state index is 11.2. The molecule has 0 spiro atoms. The van der Waals surface area contributed by atoms with Crippen LogP contribution in [-0.2, 0) is 20.9 Å². The first kappa shape index (κ1) is 16.4. The van der Waals surface area contributed by atoms with Crippen molar-refractivity contribution in [1.82, 2.24) is 0 Å². The molecule has 0 aliphatic rings. The van der Waals surface area contributed by atoms with E-state index in [1.807, 2.05) is 12.1 Å². The molecule has 0 unspecified atom stereocenters. The van der Waals surface area contributed by atoms with Crippen LogP contribution in [0.15, 0.2) is 24.3 Å². The molecule has 0 saturated heterocycles. The molecule has 2 N–H and O–H groups in total. The molecule has 2 atom stereocenters. The van der Waals surface area contributed by atoms with Crippen LogP contribution in [-0.4, -0.2) is 48.7 Å². The zero-order valence-electron chi connectivity index (χ0n) is 11.8. The summed E-state index contributed by atoms with van der Waals surface area (Å²) in [6.45, 7) is 1.35. The number of aliphatic hydroxyl groups excluding tert-OH is 1. The Morgan fingerprint density at radius 3 is 2.40 bits per heavy atom. The molecule has 112 valence electrons. The monoisotopic (exact) mass is 284 g/mol. The van der Waals surface area contributed by atoms with Crippen LogP contribution < -0.4 is 4.74 Å². The van der Waals surface area contributed by atoms with Crippen molar-refractivity contribution in [2.24, 2.45) is 0 Å². The number of esters is 1. The zero-order valence-corrected chi connectivity index (χ0v) is 11.8. The Kier molecular flexibility index (Phi) is 5.94. The largest absolute Gasteiger partial charge is 0.497 e. The van der Waals surface area contributed by atoms with Crippen molar-refractivity contribution >= 4 is 5.97 Å². The van der Waals surface area contributed by atoms with E-state index in [1.54, 1.807) is 19.2 Å². The number of hydrogen-bond acceptors (Lipinski definition) is 6. The predicted octanol–water partition coefficient (Wildman–Crippen LogP) is 0.497. The summed E-state index contributed by atoms with van der Waals surface area (Å²) in [4.78, 5) is 11.2. The summed E-state index contributed by atoms with van der Waals surface area (Å²) in [6.07, 6.45) is -1.65. The van der Waals surface area contributed by atoms with Crippen LogP contribution in [0, 0.1) is 0 Å². The van der Waals surface area contributed by atoms with Gasteiger partial charge in [0.15, 0.2) is 6.10 Å². The van der Waals surface area contributed by atoms with Crippen LogP contribution in [0.2, 0.25) is 0 Å². The molecule has 0 saturated carbocycles. The van der Waals surface area contributed by atoms with Crippen molar-refractivity contribution in [2.75, 3.05) is 20.8 Å². The highest BCUT2D eigenvalue weighted by Gasteiger charge is 2.37. The summed E-state index contributed by atoms with van der Waals surface area (Å²) in [5.41, 5.74) is -0.825. The Morgan fingerprint density at radius 1 is 1.30 bits per heavy atom. The maximum atomic E-state index is 11.2. The lowest BCUT2D eigenvalue weighted by Crippen LogP contribution is -2.48. The van der Waals surface area contributed by atoms with Crippen molar-refractivity contribution in [2.45, 2.75) is 25.2 Å². The van der Waals surface area contributed by atoms with Gasteiger partial charge in [0.05, 0.1) is 27.4 Å². The van der Waals surface area contributed by atoms with Gasteiger partial charge in [-0.2, -0.15) is 0 Å². The molecule has 0 amide bonds. The fraction of sp³-hybridized carbons (Fsp3) is 0.500. The molecule has 6 nitrogen and oxygen atoms in total. The summed E-state index contributed by atoms with van der Waals surface area (Å²) in [5, 5.41) is 19.5. The van der Waals surface area contributed by atoms with Crippen LogP contribution in [0.3, 0.4) is 0 Å². The molecule has 1 rings (SSSR count). The second-order valence-corrected chi connectivity index (χ2v) is 4.62.